The summed E-state index contributed by atoms with van der Waals surface area (Å²) in [7, 11) is 2.69. The quantitative estimate of drug-likeness (QED) is 0.447. The van der Waals surface area contributed by atoms with Crippen molar-refractivity contribution < 1.29 is 28.1 Å². The molecule has 4 unspecified atom stereocenters. The van der Waals surface area contributed by atoms with Gasteiger partial charge in [-0.25, -0.2) is 0 Å². The van der Waals surface area contributed by atoms with Crippen LogP contribution in [-0.4, -0.2) is 43.4 Å². The molecule has 1 radical (unpaired) electrons. The standard InChI is InChI=1S/C12H20BO3.C2H4F3N.CH5N/c14-12(15)11-7-8-3-1-4-9(8)10(11)5-2-6-13-16;3-2(4,5)1-6;1-2/h8-11,16H,1-7H2,(H,14,15);1,6H2;2H2,1H3. The van der Waals surface area contributed by atoms with Crippen LogP contribution >= 0.6 is 0 Å². The maximum absolute atomic E-state index is 11.2. The van der Waals surface area contributed by atoms with E-state index in [-0.39, 0.29) is 5.92 Å². The molecule has 0 aromatic heterocycles. The van der Waals surface area contributed by atoms with Gasteiger partial charge in [0, 0.05) is 0 Å². The summed E-state index contributed by atoms with van der Waals surface area (Å²) in [6.07, 6.45) is 3.04. The Morgan fingerprint density at radius 2 is 1.88 bits per heavy atom. The molecule has 24 heavy (non-hydrogen) atoms. The van der Waals surface area contributed by atoms with Crippen LogP contribution in [0.4, 0.5) is 13.2 Å². The zero-order valence-electron chi connectivity index (χ0n) is 14.1. The Morgan fingerprint density at radius 1 is 1.29 bits per heavy atom. The van der Waals surface area contributed by atoms with Gasteiger partial charge in [0.2, 0.25) is 0 Å². The number of fused-ring (bicyclic) bond motifs is 1. The lowest BCUT2D eigenvalue weighted by molar-refractivity contribution is -0.143. The average molecular weight is 353 g/mol. The van der Waals surface area contributed by atoms with Gasteiger partial charge in [-0.15, -0.1) is 0 Å². The molecule has 0 bridgehead atoms. The summed E-state index contributed by atoms with van der Waals surface area (Å²) >= 11 is 0. The van der Waals surface area contributed by atoms with Crippen LogP contribution in [0.3, 0.4) is 0 Å². The van der Waals surface area contributed by atoms with E-state index in [4.69, 9.17) is 5.02 Å². The van der Waals surface area contributed by atoms with Gasteiger partial charge >= 0.3 is 12.1 Å². The highest BCUT2D eigenvalue weighted by Crippen LogP contribution is 2.52. The van der Waals surface area contributed by atoms with Crippen molar-refractivity contribution in [3.8, 4) is 0 Å². The van der Waals surface area contributed by atoms with E-state index in [9.17, 15) is 23.1 Å². The highest BCUT2D eigenvalue weighted by Gasteiger charge is 2.47. The second-order valence-electron chi connectivity index (χ2n) is 6.13. The number of carboxylic acids is 1. The molecule has 2 aliphatic carbocycles. The van der Waals surface area contributed by atoms with Crippen molar-refractivity contribution in [3.05, 3.63) is 0 Å². The van der Waals surface area contributed by atoms with Gasteiger partial charge < -0.3 is 21.6 Å². The largest absolute Gasteiger partial charge is 0.481 e. The van der Waals surface area contributed by atoms with E-state index in [0.29, 0.717) is 24.1 Å². The highest BCUT2D eigenvalue weighted by atomic mass is 19.4. The molecule has 141 valence electrons. The van der Waals surface area contributed by atoms with E-state index < -0.39 is 18.7 Å². The van der Waals surface area contributed by atoms with Crippen LogP contribution in [0.2, 0.25) is 6.32 Å². The summed E-state index contributed by atoms with van der Waals surface area (Å²) in [5.41, 5.74) is 8.68. The van der Waals surface area contributed by atoms with Crippen LogP contribution in [-0.2, 0) is 4.79 Å². The minimum Gasteiger partial charge on any atom is -0.481 e. The third-order valence-electron chi connectivity index (χ3n) is 4.76. The van der Waals surface area contributed by atoms with Crippen molar-refractivity contribution in [1.82, 2.24) is 0 Å². The molecule has 4 atom stereocenters. The predicted octanol–water partition coefficient (Wildman–Crippen LogP) is 2.02. The van der Waals surface area contributed by atoms with Crippen molar-refractivity contribution >= 4 is 13.5 Å². The van der Waals surface area contributed by atoms with E-state index in [0.717, 1.165) is 19.3 Å². The third kappa shape index (κ3) is 7.85. The van der Waals surface area contributed by atoms with Crippen molar-refractivity contribution in [1.29, 1.82) is 0 Å². The fraction of sp³-hybridized carbons (Fsp3) is 0.933. The number of carbonyl (C=O) groups is 1. The van der Waals surface area contributed by atoms with Crippen LogP contribution in [0.15, 0.2) is 0 Å². The van der Waals surface area contributed by atoms with Crippen molar-refractivity contribution in [2.24, 2.45) is 35.1 Å². The molecule has 2 saturated carbocycles. The number of hydrogen-bond acceptors (Lipinski definition) is 4. The number of aliphatic carboxylic acids is 1. The summed E-state index contributed by atoms with van der Waals surface area (Å²) in [6.45, 7) is -1.23. The van der Waals surface area contributed by atoms with Gasteiger partial charge in [-0.05, 0) is 44.1 Å². The molecule has 6 N–H and O–H groups in total. The van der Waals surface area contributed by atoms with Gasteiger partial charge in [-0.1, -0.05) is 25.6 Å². The first-order valence-corrected chi connectivity index (χ1v) is 8.33. The first-order valence-electron chi connectivity index (χ1n) is 8.33. The molecule has 2 aliphatic rings. The predicted molar refractivity (Wildman–Crippen MR) is 87.3 cm³/mol. The zero-order valence-corrected chi connectivity index (χ0v) is 14.1. The van der Waals surface area contributed by atoms with Crippen LogP contribution in [0, 0.1) is 23.7 Å². The minimum atomic E-state index is -4.18. The molecule has 2 fully saturated rings. The van der Waals surface area contributed by atoms with E-state index in [2.05, 4.69) is 11.5 Å². The second kappa shape index (κ2) is 11.7. The molecule has 0 amide bonds. The van der Waals surface area contributed by atoms with E-state index in [1.807, 2.05) is 0 Å². The summed E-state index contributed by atoms with van der Waals surface area (Å²) in [6, 6.07) is 0. The molecule has 2 rings (SSSR count). The fourth-order valence-corrected chi connectivity index (χ4v) is 3.87. The molecular formula is C15H29BF3N2O3. The lowest BCUT2D eigenvalue weighted by Gasteiger charge is -2.21. The Hall–Kier alpha value is -0.795. The lowest BCUT2D eigenvalue weighted by Crippen LogP contribution is -2.22. The van der Waals surface area contributed by atoms with Gasteiger partial charge in [0.15, 0.2) is 0 Å². The van der Waals surface area contributed by atoms with Crippen molar-refractivity contribution in [2.45, 2.75) is 51.0 Å². The Morgan fingerprint density at radius 3 is 2.33 bits per heavy atom. The normalized spacial score (nSPS) is 28.1. The van der Waals surface area contributed by atoms with Gasteiger partial charge in [-0.2, -0.15) is 13.2 Å². The third-order valence-corrected chi connectivity index (χ3v) is 4.76. The average Bonchev–Trinajstić information content (AvgIpc) is 3.11. The topological polar surface area (TPSA) is 110 Å². The fourth-order valence-electron chi connectivity index (χ4n) is 3.87. The zero-order chi connectivity index (χ0) is 18.8. The molecule has 0 aromatic rings. The smallest absolute Gasteiger partial charge is 0.400 e. The van der Waals surface area contributed by atoms with Crippen LogP contribution in [0.25, 0.3) is 0 Å². The number of hydrogen-bond donors (Lipinski definition) is 4. The van der Waals surface area contributed by atoms with Gasteiger partial charge in [0.25, 0.3) is 7.48 Å². The Kier molecular flexibility index (Phi) is 11.3. The maximum atomic E-state index is 11.2. The number of halogens is 3. The first kappa shape index (κ1) is 23.2. The number of carboxylic acid groups (broad SMARTS) is 1. The first-order chi connectivity index (χ1) is 11.3. The van der Waals surface area contributed by atoms with Crippen LogP contribution in [0.5, 0.6) is 0 Å². The van der Waals surface area contributed by atoms with Crippen LogP contribution < -0.4 is 11.5 Å². The molecule has 9 heteroatoms. The Bertz CT molecular complexity index is 359. The van der Waals surface area contributed by atoms with Gasteiger partial charge in [-0.3, -0.25) is 4.79 Å². The SMILES string of the molecule is CN.NCC(F)(F)F.O=C(O)C1CC2CCCC2C1CCC[B]O. The van der Waals surface area contributed by atoms with E-state index >= 15 is 0 Å². The molecule has 0 aromatic carbocycles. The molecular weight excluding hydrogens is 324 g/mol. The van der Waals surface area contributed by atoms with Crippen molar-refractivity contribution in [3.63, 3.8) is 0 Å². The molecule has 0 spiro atoms. The number of nitrogens with two attached hydrogens (primary N) is 2. The Balaban J connectivity index is 0.000000563. The number of rotatable bonds is 5. The summed E-state index contributed by atoms with van der Waals surface area (Å²) in [4.78, 5) is 11.2. The summed E-state index contributed by atoms with van der Waals surface area (Å²) < 4.78 is 32.0. The van der Waals surface area contributed by atoms with Crippen molar-refractivity contribution in [2.75, 3.05) is 13.6 Å². The molecule has 0 aliphatic heterocycles. The van der Waals surface area contributed by atoms with Gasteiger partial charge in [0.05, 0.1) is 12.5 Å². The highest BCUT2D eigenvalue weighted by molar-refractivity contribution is 6.25. The van der Waals surface area contributed by atoms with Gasteiger partial charge in [0.1, 0.15) is 0 Å². The second-order valence-corrected chi connectivity index (χ2v) is 6.13. The van der Waals surface area contributed by atoms with E-state index in [1.165, 1.54) is 33.8 Å². The monoisotopic (exact) mass is 353 g/mol. The summed E-state index contributed by atoms with van der Waals surface area (Å²) in [5, 5.41) is 17.9. The molecule has 0 saturated heterocycles. The maximum Gasteiger partial charge on any atom is 0.400 e. The molecule has 5 nitrogen and oxygen atoms in total. The molecule has 0 heterocycles. The minimum absolute atomic E-state index is 0.117. The Labute approximate surface area is 142 Å². The lowest BCUT2D eigenvalue weighted by atomic mass is 9.81. The number of alkyl halides is 3. The summed E-state index contributed by atoms with van der Waals surface area (Å²) in [5.74, 6) is 0.968. The van der Waals surface area contributed by atoms with E-state index in [1.54, 1.807) is 0 Å². The van der Waals surface area contributed by atoms with Crippen LogP contribution in [0.1, 0.15) is 38.5 Å².